The Morgan fingerprint density at radius 2 is 2.25 bits per heavy atom. The molecule has 0 saturated carbocycles. The van der Waals surface area contributed by atoms with Crippen molar-refractivity contribution in [2.24, 2.45) is 0 Å². The highest BCUT2D eigenvalue weighted by Gasteiger charge is 2.21. The molecule has 0 aromatic heterocycles. The molecule has 1 heterocycles. The Morgan fingerprint density at radius 3 is 2.94 bits per heavy atom. The first-order chi connectivity index (χ1) is 7.70. The van der Waals surface area contributed by atoms with Gasteiger partial charge in [-0.3, -0.25) is 0 Å². The summed E-state index contributed by atoms with van der Waals surface area (Å²) in [4.78, 5) is 2.31. The van der Waals surface area contributed by atoms with E-state index in [0.29, 0.717) is 6.04 Å². The van der Waals surface area contributed by atoms with Gasteiger partial charge in [0.25, 0.3) is 0 Å². The number of benzene rings is 1. The topological polar surface area (TPSA) is 15.3 Å². The monoisotopic (exact) mass is 222 g/mol. The van der Waals surface area contributed by atoms with Gasteiger partial charge in [-0.25, -0.2) is 4.39 Å². The maximum Gasteiger partial charge on any atom is 0.125 e. The van der Waals surface area contributed by atoms with Gasteiger partial charge in [0.15, 0.2) is 0 Å². The van der Waals surface area contributed by atoms with Crippen molar-refractivity contribution >= 4 is 5.69 Å². The molecule has 1 aliphatic heterocycles. The number of rotatable bonds is 2. The van der Waals surface area contributed by atoms with Crippen LogP contribution < -0.4 is 10.2 Å². The van der Waals surface area contributed by atoms with Gasteiger partial charge in [-0.15, -0.1) is 0 Å². The third-order valence-corrected chi connectivity index (χ3v) is 3.18. The van der Waals surface area contributed by atoms with Crippen molar-refractivity contribution in [1.29, 1.82) is 0 Å². The van der Waals surface area contributed by atoms with Gasteiger partial charge in [0, 0.05) is 31.4 Å². The number of nitrogens with one attached hydrogen (secondary N) is 1. The van der Waals surface area contributed by atoms with E-state index in [4.69, 9.17) is 0 Å². The largest absolute Gasteiger partial charge is 0.366 e. The minimum Gasteiger partial charge on any atom is -0.366 e. The van der Waals surface area contributed by atoms with E-state index in [-0.39, 0.29) is 5.82 Å². The molecule has 1 aromatic rings. The first kappa shape index (κ1) is 11.4. The second kappa shape index (κ2) is 4.83. The van der Waals surface area contributed by atoms with E-state index in [2.05, 4.69) is 23.2 Å². The van der Waals surface area contributed by atoms with Crippen molar-refractivity contribution in [3.8, 4) is 0 Å². The van der Waals surface area contributed by atoms with E-state index in [9.17, 15) is 4.39 Å². The lowest BCUT2D eigenvalue weighted by molar-refractivity contribution is 0.465. The van der Waals surface area contributed by atoms with Crippen LogP contribution in [0, 0.1) is 12.7 Å². The highest BCUT2D eigenvalue weighted by molar-refractivity contribution is 5.50. The predicted octanol–water partition coefficient (Wildman–Crippen LogP) is 2.32. The Morgan fingerprint density at radius 1 is 1.44 bits per heavy atom. The Bertz CT molecular complexity index is 345. The van der Waals surface area contributed by atoms with Crippen LogP contribution in [0.5, 0.6) is 0 Å². The summed E-state index contributed by atoms with van der Waals surface area (Å²) in [5, 5.41) is 3.38. The van der Waals surface area contributed by atoms with Crippen LogP contribution in [0.1, 0.15) is 18.9 Å². The van der Waals surface area contributed by atoms with E-state index in [1.807, 2.05) is 6.92 Å². The molecular weight excluding hydrogens is 203 g/mol. The molecule has 1 atom stereocenters. The standard InChI is InChI=1S/C13H19FN2/c1-3-12-9-15-4-5-16(12)13-7-10(2)6-11(14)8-13/h6-8,12,15H,3-5,9H2,1-2H3. The van der Waals surface area contributed by atoms with Gasteiger partial charge < -0.3 is 10.2 Å². The molecule has 3 heteroatoms. The zero-order chi connectivity index (χ0) is 11.5. The SMILES string of the molecule is CCC1CNCCN1c1cc(C)cc(F)c1. The van der Waals surface area contributed by atoms with Gasteiger partial charge in [-0.05, 0) is 37.1 Å². The summed E-state index contributed by atoms with van der Waals surface area (Å²) >= 11 is 0. The molecule has 0 bridgehead atoms. The van der Waals surface area contributed by atoms with Gasteiger partial charge >= 0.3 is 0 Å². The molecule has 16 heavy (non-hydrogen) atoms. The van der Waals surface area contributed by atoms with E-state index in [0.717, 1.165) is 37.3 Å². The highest BCUT2D eigenvalue weighted by atomic mass is 19.1. The molecule has 1 N–H and O–H groups in total. The number of aryl methyl sites for hydroxylation is 1. The molecular formula is C13H19FN2. The molecule has 1 fully saturated rings. The maximum atomic E-state index is 13.4. The lowest BCUT2D eigenvalue weighted by atomic mass is 10.1. The predicted molar refractivity (Wildman–Crippen MR) is 65.4 cm³/mol. The zero-order valence-corrected chi connectivity index (χ0v) is 9.96. The van der Waals surface area contributed by atoms with Gasteiger partial charge in [0.05, 0.1) is 0 Å². The molecule has 2 rings (SSSR count). The summed E-state index contributed by atoms with van der Waals surface area (Å²) in [6.45, 7) is 7.05. The quantitative estimate of drug-likeness (QED) is 0.826. The van der Waals surface area contributed by atoms with Crippen LogP contribution in [-0.2, 0) is 0 Å². The summed E-state index contributed by atoms with van der Waals surface area (Å²) in [6, 6.07) is 5.76. The molecule has 0 amide bonds. The number of hydrogen-bond acceptors (Lipinski definition) is 2. The lowest BCUT2D eigenvalue weighted by Gasteiger charge is -2.37. The van der Waals surface area contributed by atoms with Crippen molar-refractivity contribution in [2.75, 3.05) is 24.5 Å². The molecule has 2 nitrogen and oxygen atoms in total. The third-order valence-electron chi connectivity index (χ3n) is 3.18. The van der Waals surface area contributed by atoms with Gasteiger partial charge in [-0.2, -0.15) is 0 Å². The molecule has 1 aliphatic rings. The van der Waals surface area contributed by atoms with E-state index < -0.39 is 0 Å². The lowest BCUT2D eigenvalue weighted by Crippen LogP contribution is -2.51. The number of anilines is 1. The normalized spacial score (nSPS) is 21.2. The van der Waals surface area contributed by atoms with Crippen LogP contribution in [0.2, 0.25) is 0 Å². The molecule has 0 aliphatic carbocycles. The van der Waals surface area contributed by atoms with Crippen molar-refractivity contribution in [2.45, 2.75) is 26.3 Å². The Labute approximate surface area is 96.5 Å². The fourth-order valence-corrected chi connectivity index (χ4v) is 2.35. The van der Waals surface area contributed by atoms with E-state index in [1.54, 1.807) is 12.1 Å². The fourth-order valence-electron chi connectivity index (χ4n) is 2.35. The van der Waals surface area contributed by atoms with Crippen LogP contribution in [0.15, 0.2) is 18.2 Å². The third kappa shape index (κ3) is 2.35. The van der Waals surface area contributed by atoms with E-state index in [1.165, 1.54) is 0 Å². The fraction of sp³-hybridized carbons (Fsp3) is 0.538. The van der Waals surface area contributed by atoms with Crippen molar-refractivity contribution in [1.82, 2.24) is 5.32 Å². The first-order valence-corrected chi connectivity index (χ1v) is 5.95. The van der Waals surface area contributed by atoms with Crippen LogP contribution >= 0.6 is 0 Å². The number of halogens is 1. The minimum absolute atomic E-state index is 0.136. The average molecular weight is 222 g/mol. The number of nitrogens with zero attached hydrogens (tertiary/aromatic N) is 1. The molecule has 1 unspecified atom stereocenters. The van der Waals surface area contributed by atoms with Crippen LogP contribution in [0.25, 0.3) is 0 Å². The molecule has 0 spiro atoms. The summed E-state index contributed by atoms with van der Waals surface area (Å²) in [5.41, 5.74) is 2.01. The minimum atomic E-state index is -0.136. The summed E-state index contributed by atoms with van der Waals surface area (Å²) < 4.78 is 13.4. The average Bonchev–Trinajstić information content (AvgIpc) is 2.27. The Kier molecular flexibility index (Phi) is 3.44. The molecule has 1 aromatic carbocycles. The highest BCUT2D eigenvalue weighted by Crippen LogP contribution is 2.22. The van der Waals surface area contributed by atoms with E-state index >= 15 is 0 Å². The summed E-state index contributed by atoms with van der Waals surface area (Å²) in [7, 11) is 0. The summed E-state index contributed by atoms with van der Waals surface area (Å²) in [6.07, 6.45) is 1.09. The maximum absolute atomic E-state index is 13.4. The first-order valence-electron chi connectivity index (χ1n) is 5.95. The molecule has 1 saturated heterocycles. The number of hydrogen-bond donors (Lipinski definition) is 1. The van der Waals surface area contributed by atoms with Crippen LogP contribution in [-0.4, -0.2) is 25.7 Å². The summed E-state index contributed by atoms with van der Waals surface area (Å²) in [5.74, 6) is -0.136. The van der Waals surface area contributed by atoms with Crippen molar-refractivity contribution in [3.63, 3.8) is 0 Å². The number of piperazine rings is 1. The second-order valence-electron chi connectivity index (χ2n) is 4.45. The Hall–Kier alpha value is -1.09. The Balaban J connectivity index is 2.26. The molecule has 88 valence electrons. The van der Waals surface area contributed by atoms with Crippen LogP contribution in [0.4, 0.5) is 10.1 Å². The zero-order valence-electron chi connectivity index (χ0n) is 9.96. The molecule has 0 radical (unpaired) electrons. The van der Waals surface area contributed by atoms with Crippen LogP contribution in [0.3, 0.4) is 0 Å². The van der Waals surface area contributed by atoms with Gasteiger partial charge in [0.2, 0.25) is 0 Å². The second-order valence-corrected chi connectivity index (χ2v) is 4.45. The van der Waals surface area contributed by atoms with Gasteiger partial charge in [-0.1, -0.05) is 6.92 Å². The smallest absolute Gasteiger partial charge is 0.125 e. The van der Waals surface area contributed by atoms with Crippen molar-refractivity contribution in [3.05, 3.63) is 29.6 Å². The van der Waals surface area contributed by atoms with Gasteiger partial charge in [0.1, 0.15) is 5.82 Å². The van der Waals surface area contributed by atoms with Crippen molar-refractivity contribution < 1.29 is 4.39 Å².